The summed E-state index contributed by atoms with van der Waals surface area (Å²) < 4.78 is 38.3. The van der Waals surface area contributed by atoms with Crippen molar-refractivity contribution in [2.75, 3.05) is 6.54 Å². The number of hydrogen-bond acceptors (Lipinski definition) is 2. The minimum Gasteiger partial charge on any atom is -0.210 e. The van der Waals surface area contributed by atoms with E-state index in [0.717, 1.165) is 6.07 Å². The fourth-order valence-corrected chi connectivity index (χ4v) is 2.48. The second-order valence-electron chi connectivity index (χ2n) is 3.09. The zero-order valence-corrected chi connectivity index (χ0v) is 10.5. The molecule has 0 aromatic heterocycles. The van der Waals surface area contributed by atoms with Crippen LogP contribution in [0.5, 0.6) is 0 Å². The Morgan fingerprint density at radius 2 is 2.20 bits per heavy atom. The predicted octanol–water partition coefficient (Wildman–Crippen LogP) is 1.89. The molecule has 0 amide bonds. The van der Waals surface area contributed by atoms with Gasteiger partial charge in [0.05, 0.1) is 4.90 Å². The van der Waals surface area contributed by atoms with Gasteiger partial charge >= 0.3 is 0 Å². The Labute approximate surface area is 96.9 Å². The Morgan fingerprint density at radius 1 is 1.53 bits per heavy atom. The summed E-state index contributed by atoms with van der Waals surface area (Å²) in [4.78, 5) is -0.0310. The van der Waals surface area contributed by atoms with E-state index >= 15 is 0 Å². The number of halogens is 2. The molecule has 0 saturated carbocycles. The molecule has 15 heavy (non-hydrogen) atoms. The lowest BCUT2D eigenvalue weighted by atomic mass is 10.4. The molecule has 0 radical (unpaired) electrons. The third kappa shape index (κ3) is 3.89. The smallest absolute Gasteiger partial charge is 0.210 e. The SMILES string of the molecule is CC(Br)CNS(=O)(=O)c1cccc(F)c1. The number of sulfonamides is 1. The van der Waals surface area contributed by atoms with Gasteiger partial charge in [0.15, 0.2) is 0 Å². The van der Waals surface area contributed by atoms with Crippen LogP contribution in [0.25, 0.3) is 0 Å². The lowest BCUT2D eigenvalue weighted by Crippen LogP contribution is -2.28. The molecule has 0 aliphatic rings. The minimum absolute atomic E-state index is 0.0286. The van der Waals surface area contributed by atoms with Gasteiger partial charge in [-0.1, -0.05) is 28.9 Å². The number of hydrogen-bond donors (Lipinski definition) is 1. The van der Waals surface area contributed by atoms with Gasteiger partial charge in [-0.05, 0) is 18.2 Å². The van der Waals surface area contributed by atoms with E-state index in [4.69, 9.17) is 0 Å². The first kappa shape index (κ1) is 12.6. The summed E-state index contributed by atoms with van der Waals surface area (Å²) in [5.74, 6) is -0.565. The van der Waals surface area contributed by atoms with Crippen molar-refractivity contribution in [1.82, 2.24) is 4.72 Å². The van der Waals surface area contributed by atoms with Gasteiger partial charge in [-0.15, -0.1) is 0 Å². The van der Waals surface area contributed by atoms with E-state index in [1.54, 1.807) is 0 Å². The molecule has 1 aromatic rings. The van der Waals surface area contributed by atoms with Gasteiger partial charge in [-0.3, -0.25) is 0 Å². The highest BCUT2D eigenvalue weighted by Crippen LogP contribution is 2.10. The summed E-state index contributed by atoms with van der Waals surface area (Å²) in [6, 6.07) is 4.90. The Balaban J connectivity index is 2.87. The number of rotatable bonds is 4. The van der Waals surface area contributed by atoms with Crippen molar-refractivity contribution in [2.24, 2.45) is 0 Å². The maximum absolute atomic E-state index is 12.8. The lowest BCUT2D eigenvalue weighted by Gasteiger charge is -2.07. The third-order valence-corrected chi connectivity index (χ3v) is 3.41. The highest BCUT2D eigenvalue weighted by atomic mass is 79.9. The van der Waals surface area contributed by atoms with Crippen LogP contribution < -0.4 is 4.72 Å². The average molecular weight is 296 g/mol. The monoisotopic (exact) mass is 295 g/mol. The van der Waals surface area contributed by atoms with Crippen LogP contribution >= 0.6 is 15.9 Å². The van der Waals surface area contributed by atoms with Crippen molar-refractivity contribution in [3.63, 3.8) is 0 Å². The average Bonchev–Trinajstić information content (AvgIpc) is 2.15. The zero-order valence-electron chi connectivity index (χ0n) is 8.07. The Hall–Kier alpha value is -0.460. The number of alkyl halides is 1. The van der Waals surface area contributed by atoms with Crippen LogP contribution in [0, 0.1) is 5.82 Å². The van der Waals surface area contributed by atoms with Crippen LogP contribution in [0.4, 0.5) is 4.39 Å². The van der Waals surface area contributed by atoms with Gasteiger partial charge in [-0.25, -0.2) is 17.5 Å². The van der Waals surface area contributed by atoms with Gasteiger partial charge in [0.25, 0.3) is 0 Å². The van der Waals surface area contributed by atoms with Crippen molar-refractivity contribution in [1.29, 1.82) is 0 Å². The Bertz CT molecular complexity index is 433. The standard InChI is InChI=1S/C9H11BrFNO2S/c1-7(10)6-12-15(13,14)9-4-2-3-8(11)5-9/h2-5,7,12H,6H2,1H3. The first-order valence-corrected chi connectivity index (χ1v) is 6.71. The molecule has 6 heteroatoms. The van der Waals surface area contributed by atoms with Crippen LogP contribution in [-0.2, 0) is 10.0 Å². The predicted molar refractivity (Wildman–Crippen MR) is 60.0 cm³/mol. The van der Waals surface area contributed by atoms with Crippen molar-refractivity contribution in [3.05, 3.63) is 30.1 Å². The van der Waals surface area contributed by atoms with E-state index in [1.807, 2.05) is 6.92 Å². The Kier molecular flexibility index (Phi) is 4.24. The van der Waals surface area contributed by atoms with Crippen molar-refractivity contribution in [2.45, 2.75) is 16.6 Å². The van der Waals surface area contributed by atoms with E-state index in [0.29, 0.717) is 0 Å². The first-order valence-electron chi connectivity index (χ1n) is 4.31. The summed E-state index contributed by atoms with van der Waals surface area (Å²) in [6.45, 7) is 2.08. The van der Waals surface area contributed by atoms with E-state index in [-0.39, 0.29) is 16.3 Å². The van der Waals surface area contributed by atoms with E-state index in [9.17, 15) is 12.8 Å². The fraction of sp³-hybridized carbons (Fsp3) is 0.333. The first-order chi connectivity index (χ1) is 6.92. The van der Waals surface area contributed by atoms with Gasteiger partial charge in [0.2, 0.25) is 10.0 Å². The van der Waals surface area contributed by atoms with E-state index < -0.39 is 15.8 Å². The summed E-state index contributed by atoms with van der Waals surface area (Å²) in [5, 5.41) is 0. The maximum atomic E-state index is 12.8. The van der Waals surface area contributed by atoms with Crippen molar-refractivity contribution >= 4 is 26.0 Å². The molecule has 0 bridgehead atoms. The highest BCUT2D eigenvalue weighted by Gasteiger charge is 2.14. The second kappa shape index (κ2) is 5.05. The largest absolute Gasteiger partial charge is 0.240 e. The molecule has 3 nitrogen and oxygen atoms in total. The molecule has 0 fully saturated rings. The second-order valence-corrected chi connectivity index (χ2v) is 6.42. The normalized spacial score (nSPS) is 13.8. The van der Waals surface area contributed by atoms with Crippen molar-refractivity contribution < 1.29 is 12.8 Å². The molecule has 0 aliphatic heterocycles. The summed E-state index contributed by atoms with van der Waals surface area (Å²) in [7, 11) is -3.60. The molecule has 84 valence electrons. The summed E-state index contributed by atoms with van der Waals surface area (Å²) >= 11 is 3.21. The van der Waals surface area contributed by atoms with E-state index in [1.165, 1.54) is 18.2 Å². The quantitative estimate of drug-likeness (QED) is 0.862. The molecule has 1 unspecified atom stereocenters. The van der Waals surface area contributed by atoms with Crippen molar-refractivity contribution in [3.8, 4) is 0 Å². The van der Waals surface area contributed by atoms with Gasteiger partial charge in [0.1, 0.15) is 5.82 Å². The zero-order chi connectivity index (χ0) is 11.5. The van der Waals surface area contributed by atoms with Crippen LogP contribution in [0.1, 0.15) is 6.92 Å². The minimum atomic E-state index is -3.60. The molecular formula is C9H11BrFNO2S. The van der Waals surface area contributed by atoms with Gasteiger partial charge < -0.3 is 0 Å². The van der Waals surface area contributed by atoms with Gasteiger partial charge in [0, 0.05) is 11.4 Å². The maximum Gasteiger partial charge on any atom is 0.240 e. The number of nitrogens with one attached hydrogen (secondary N) is 1. The Morgan fingerprint density at radius 3 is 2.73 bits per heavy atom. The molecule has 0 heterocycles. The molecule has 0 saturated heterocycles. The molecular weight excluding hydrogens is 285 g/mol. The van der Waals surface area contributed by atoms with Crippen LogP contribution in [0.3, 0.4) is 0 Å². The van der Waals surface area contributed by atoms with Crippen LogP contribution in [0.2, 0.25) is 0 Å². The molecule has 1 atom stereocenters. The number of benzene rings is 1. The fourth-order valence-electron chi connectivity index (χ4n) is 0.942. The van der Waals surface area contributed by atoms with Crippen LogP contribution in [-0.4, -0.2) is 19.8 Å². The molecule has 1 aromatic carbocycles. The molecule has 0 spiro atoms. The topological polar surface area (TPSA) is 46.2 Å². The molecule has 0 aliphatic carbocycles. The third-order valence-electron chi connectivity index (χ3n) is 1.66. The van der Waals surface area contributed by atoms with Gasteiger partial charge in [-0.2, -0.15) is 0 Å². The lowest BCUT2D eigenvalue weighted by molar-refractivity contribution is 0.578. The van der Waals surface area contributed by atoms with Crippen LogP contribution in [0.15, 0.2) is 29.2 Å². The molecule has 1 N–H and O–H groups in total. The molecule has 1 rings (SSSR count). The highest BCUT2D eigenvalue weighted by molar-refractivity contribution is 9.09. The summed E-state index contributed by atoms with van der Waals surface area (Å²) in [5.41, 5.74) is 0. The van der Waals surface area contributed by atoms with E-state index in [2.05, 4.69) is 20.7 Å². The summed E-state index contributed by atoms with van der Waals surface area (Å²) in [6.07, 6.45) is 0.